The number of hydrogen-bond acceptors (Lipinski definition) is 3. The summed E-state index contributed by atoms with van der Waals surface area (Å²) < 4.78 is 0. The maximum absolute atomic E-state index is 4.72. The molecule has 18 heavy (non-hydrogen) atoms. The lowest BCUT2D eigenvalue weighted by Crippen LogP contribution is -2.22. The van der Waals surface area contributed by atoms with Crippen LogP contribution in [-0.4, -0.2) is 24.6 Å². The summed E-state index contributed by atoms with van der Waals surface area (Å²) in [4.78, 5) is 7.02. The first kappa shape index (κ1) is 13.3. The summed E-state index contributed by atoms with van der Waals surface area (Å²) in [6, 6.07) is 5.09. The van der Waals surface area contributed by atoms with E-state index in [-0.39, 0.29) is 0 Å². The van der Waals surface area contributed by atoms with E-state index in [2.05, 4.69) is 50.2 Å². The number of pyridine rings is 1. The van der Waals surface area contributed by atoms with Crippen molar-refractivity contribution in [3.8, 4) is 0 Å². The first-order valence-electron chi connectivity index (χ1n) is 6.98. The third-order valence-electron chi connectivity index (χ3n) is 3.50. The van der Waals surface area contributed by atoms with E-state index in [1.165, 1.54) is 18.4 Å². The number of nitrogens with one attached hydrogen (secondary N) is 1. The van der Waals surface area contributed by atoms with Crippen LogP contribution in [0.4, 0.5) is 5.82 Å². The fourth-order valence-corrected chi connectivity index (χ4v) is 2.10. The van der Waals surface area contributed by atoms with Crippen LogP contribution >= 0.6 is 0 Å². The third kappa shape index (κ3) is 3.45. The van der Waals surface area contributed by atoms with E-state index < -0.39 is 0 Å². The predicted molar refractivity (Wildman–Crippen MR) is 76.9 cm³/mol. The summed E-state index contributed by atoms with van der Waals surface area (Å²) in [6.07, 6.45) is 2.63. The first-order valence-corrected chi connectivity index (χ1v) is 6.98. The minimum absolute atomic E-state index is 0.693. The van der Waals surface area contributed by atoms with Crippen LogP contribution in [0.25, 0.3) is 0 Å². The molecule has 1 fully saturated rings. The average Bonchev–Trinajstić information content (AvgIpc) is 3.14. The van der Waals surface area contributed by atoms with Gasteiger partial charge in [-0.25, -0.2) is 4.98 Å². The fourth-order valence-electron chi connectivity index (χ4n) is 2.10. The summed E-state index contributed by atoms with van der Waals surface area (Å²) in [5.74, 6) is 1.81. The quantitative estimate of drug-likeness (QED) is 0.838. The van der Waals surface area contributed by atoms with Gasteiger partial charge in [-0.1, -0.05) is 19.9 Å². The van der Waals surface area contributed by atoms with E-state index in [4.69, 9.17) is 4.98 Å². The van der Waals surface area contributed by atoms with Gasteiger partial charge in [0.25, 0.3) is 0 Å². The molecule has 0 atom stereocenters. The first-order chi connectivity index (χ1) is 8.58. The largest absolute Gasteiger partial charge is 0.357 e. The van der Waals surface area contributed by atoms with E-state index in [0.29, 0.717) is 5.92 Å². The van der Waals surface area contributed by atoms with Gasteiger partial charge in [0.15, 0.2) is 0 Å². The number of aryl methyl sites for hydroxylation is 1. The summed E-state index contributed by atoms with van der Waals surface area (Å²) in [5, 5.41) is 3.47. The number of anilines is 1. The molecule has 1 aliphatic carbocycles. The van der Waals surface area contributed by atoms with Crippen molar-refractivity contribution < 1.29 is 0 Å². The SMILES string of the molecule is Cc1nc(N(C)C2CC2)ccc1CNCC(C)C. The van der Waals surface area contributed by atoms with E-state index in [9.17, 15) is 0 Å². The van der Waals surface area contributed by atoms with Crippen molar-refractivity contribution in [2.24, 2.45) is 5.92 Å². The topological polar surface area (TPSA) is 28.2 Å². The molecule has 0 amide bonds. The highest BCUT2D eigenvalue weighted by molar-refractivity contribution is 5.43. The minimum atomic E-state index is 0.693. The zero-order valence-electron chi connectivity index (χ0n) is 12.0. The van der Waals surface area contributed by atoms with Crippen LogP contribution in [0.2, 0.25) is 0 Å². The van der Waals surface area contributed by atoms with Gasteiger partial charge in [0, 0.05) is 25.3 Å². The minimum Gasteiger partial charge on any atom is -0.357 e. The van der Waals surface area contributed by atoms with Crippen LogP contribution < -0.4 is 10.2 Å². The molecular formula is C15H25N3. The second-order valence-electron chi connectivity index (χ2n) is 5.78. The molecule has 1 aromatic heterocycles. The van der Waals surface area contributed by atoms with Crippen LogP contribution in [0, 0.1) is 12.8 Å². The predicted octanol–water partition coefficient (Wildman–Crippen LogP) is 2.73. The van der Waals surface area contributed by atoms with Crippen molar-refractivity contribution in [1.82, 2.24) is 10.3 Å². The van der Waals surface area contributed by atoms with Gasteiger partial charge in [-0.05, 0) is 43.9 Å². The van der Waals surface area contributed by atoms with Crippen LogP contribution in [0.5, 0.6) is 0 Å². The van der Waals surface area contributed by atoms with Crippen molar-refractivity contribution in [2.45, 2.75) is 46.2 Å². The van der Waals surface area contributed by atoms with Gasteiger partial charge >= 0.3 is 0 Å². The van der Waals surface area contributed by atoms with Gasteiger partial charge in [-0.3, -0.25) is 0 Å². The Morgan fingerprint density at radius 3 is 2.67 bits per heavy atom. The van der Waals surface area contributed by atoms with E-state index in [1.54, 1.807) is 0 Å². The molecule has 1 aromatic rings. The van der Waals surface area contributed by atoms with Crippen molar-refractivity contribution in [3.05, 3.63) is 23.4 Å². The number of aromatic nitrogens is 1. The second-order valence-corrected chi connectivity index (χ2v) is 5.78. The van der Waals surface area contributed by atoms with Crippen LogP contribution in [-0.2, 0) is 6.54 Å². The average molecular weight is 247 g/mol. The molecule has 0 radical (unpaired) electrons. The van der Waals surface area contributed by atoms with Gasteiger partial charge < -0.3 is 10.2 Å². The van der Waals surface area contributed by atoms with Gasteiger partial charge in [0.1, 0.15) is 5.82 Å². The van der Waals surface area contributed by atoms with Gasteiger partial charge in [0.05, 0.1) is 0 Å². The molecule has 0 aromatic carbocycles. The molecule has 1 aliphatic rings. The highest BCUT2D eigenvalue weighted by Gasteiger charge is 2.27. The Morgan fingerprint density at radius 2 is 2.11 bits per heavy atom. The Balaban J connectivity index is 1.96. The Morgan fingerprint density at radius 1 is 1.39 bits per heavy atom. The van der Waals surface area contributed by atoms with Crippen molar-refractivity contribution >= 4 is 5.82 Å². The summed E-state index contributed by atoms with van der Waals surface area (Å²) in [6.45, 7) is 8.54. The summed E-state index contributed by atoms with van der Waals surface area (Å²) >= 11 is 0. The second kappa shape index (κ2) is 5.70. The monoisotopic (exact) mass is 247 g/mol. The molecule has 0 saturated heterocycles. The van der Waals surface area contributed by atoms with E-state index >= 15 is 0 Å². The summed E-state index contributed by atoms with van der Waals surface area (Å²) in [5.41, 5.74) is 2.46. The molecule has 1 saturated carbocycles. The Labute approximate surface area is 111 Å². The maximum Gasteiger partial charge on any atom is 0.128 e. The molecule has 0 bridgehead atoms. The maximum atomic E-state index is 4.72. The lowest BCUT2D eigenvalue weighted by atomic mass is 10.2. The molecule has 3 heteroatoms. The molecule has 100 valence electrons. The van der Waals surface area contributed by atoms with Crippen molar-refractivity contribution in [1.29, 1.82) is 0 Å². The Hall–Kier alpha value is -1.09. The lowest BCUT2D eigenvalue weighted by molar-refractivity contribution is 0.551. The molecule has 0 aliphatic heterocycles. The zero-order valence-corrected chi connectivity index (χ0v) is 12.0. The van der Waals surface area contributed by atoms with Crippen LogP contribution in [0.1, 0.15) is 37.9 Å². The number of nitrogens with zero attached hydrogens (tertiary/aromatic N) is 2. The molecule has 1 heterocycles. The molecule has 3 nitrogen and oxygen atoms in total. The number of hydrogen-bond donors (Lipinski definition) is 1. The molecule has 1 N–H and O–H groups in total. The van der Waals surface area contributed by atoms with Crippen molar-refractivity contribution in [3.63, 3.8) is 0 Å². The van der Waals surface area contributed by atoms with Gasteiger partial charge in [-0.2, -0.15) is 0 Å². The highest BCUT2D eigenvalue weighted by atomic mass is 15.2. The third-order valence-corrected chi connectivity index (χ3v) is 3.50. The Bertz CT molecular complexity index is 397. The molecule has 2 rings (SSSR count). The molecule has 0 spiro atoms. The highest BCUT2D eigenvalue weighted by Crippen LogP contribution is 2.29. The van der Waals surface area contributed by atoms with Crippen LogP contribution in [0.3, 0.4) is 0 Å². The molecular weight excluding hydrogens is 222 g/mol. The van der Waals surface area contributed by atoms with Crippen molar-refractivity contribution in [2.75, 3.05) is 18.5 Å². The lowest BCUT2D eigenvalue weighted by Gasteiger charge is -2.19. The van der Waals surface area contributed by atoms with Gasteiger partial charge in [-0.15, -0.1) is 0 Å². The zero-order chi connectivity index (χ0) is 13.1. The fraction of sp³-hybridized carbons (Fsp3) is 0.667. The Kier molecular flexibility index (Phi) is 4.23. The standard InChI is InChI=1S/C15H25N3/c1-11(2)9-16-10-13-5-8-15(17-12(13)3)18(4)14-6-7-14/h5,8,11,14,16H,6-7,9-10H2,1-4H3. The molecule has 0 unspecified atom stereocenters. The van der Waals surface area contributed by atoms with Crippen LogP contribution in [0.15, 0.2) is 12.1 Å². The summed E-state index contributed by atoms with van der Waals surface area (Å²) in [7, 11) is 2.15. The smallest absolute Gasteiger partial charge is 0.128 e. The van der Waals surface area contributed by atoms with E-state index in [0.717, 1.165) is 30.6 Å². The number of rotatable bonds is 6. The van der Waals surface area contributed by atoms with Gasteiger partial charge in [0.2, 0.25) is 0 Å². The normalized spacial score (nSPS) is 15.2. The van der Waals surface area contributed by atoms with E-state index in [1.807, 2.05) is 0 Å².